The smallest absolute Gasteiger partial charge is 0.203 e. The van der Waals surface area contributed by atoms with Crippen LogP contribution < -0.4 is 5.32 Å². The van der Waals surface area contributed by atoms with Crippen molar-refractivity contribution in [2.45, 2.75) is 77.3 Å². The van der Waals surface area contributed by atoms with Crippen LogP contribution >= 0.6 is 0 Å². The van der Waals surface area contributed by atoms with Gasteiger partial charge >= 0.3 is 0 Å². The van der Waals surface area contributed by atoms with E-state index in [-0.39, 0.29) is 0 Å². The average Bonchev–Trinajstić information content (AvgIpc) is 3.21. The summed E-state index contributed by atoms with van der Waals surface area (Å²) >= 11 is 0. The fourth-order valence-corrected chi connectivity index (χ4v) is 5.28. The highest BCUT2D eigenvalue weighted by molar-refractivity contribution is 5.31. The van der Waals surface area contributed by atoms with E-state index in [4.69, 9.17) is 4.98 Å². The molecule has 3 saturated carbocycles. The molecule has 4 atom stereocenters. The minimum absolute atomic E-state index is 0.602. The largest absolute Gasteiger partial charge is 0.353 e. The van der Waals surface area contributed by atoms with Gasteiger partial charge in [0.1, 0.15) is 0 Å². The highest BCUT2D eigenvalue weighted by atomic mass is 15.2. The molecule has 0 saturated heterocycles. The molecule has 0 aliphatic heterocycles. The molecular weight excluding hydrogens is 258 g/mol. The molecule has 0 amide bonds. The van der Waals surface area contributed by atoms with Crippen molar-refractivity contribution in [3.63, 3.8) is 0 Å². The van der Waals surface area contributed by atoms with Gasteiger partial charge in [-0.25, -0.2) is 4.98 Å². The first-order valence-corrected chi connectivity index (χ1v) is 9.02. The van der Waals surface area contributed by atoms with E-state index in [2.05, 4.69) is 29.9 Å². The van der Waals surface area contributed by atoms with E-state index in [0.29, 0.717) is 12.1 Å². The summed E-state index contributed by atoms with van der Waals surface area (Å²) < 4.78 is 2.46. The highest BCUT2D eigenvalue weighted by Crippen LogP contribution is 2.52. The second-order valence-corrected chi connectivity index (χ2v) is 7.82. The summed E-state index contributed by atoms with van der Waals surface area (Å²) in [5.74, 6) is 4.02. The average molecular weight is 287 g/mol. The molecule has 3 aliphatic carbocycles. The standard InChI is InChI=1S/C18H29N3/c1-12-11-21(18(19-12)20-16-5-3-4-6-16)13(2)17-10-14-7-8-15(17)9-14/h11,13-17H,3-10H2,1-2H3,(H,19,20). The molecule has 4 rings (SSSR count). The van der Waals surface area contributed by atoms with Gasteiger partial charge in [0.25, 0.3) is 0 Å². The molecule has 1 N–H and O–H groups in total. The van der Waals surface area contributed by atoms with Crippen LogP contribution in [0.3, 0.4) is 0 Å². The van der Waals surface area contributed by atoms with Crippen LogP contribution in [0, 0.1) is 24.7 Å². The molecule has 0 aromatic carbocycles. The van der Waals surface area contributed by atoms with Gasteiger partial charge < -0.3 is 9.88 Å². The van der Waals surface area contributed by atoms with Gasteiger partial charge in [0.15, 0.2) is 0 Å². The van der Waals surface area contributed by atoms with Crippen molar-refractivity contribution in [3.05, 3.63) is 11.9 Å². The summed E-state index contributed by atoms with van der Waals surface area (Å²) in [6, 6.07) is 1.25. The van der Waals surface area contributed by atoms with E-state index < -0.39 is 0 Å². The zero-order valence-corrected chi connectivity index (χ0v) is 13.5. The lowest BCUT2D eigenvalue weighted by molar-refractivity contribution is 0.244. The zero-order chi connectivity index (χ0) is 14.4. The lowest BCUT2D eigenvalue weighted by Gasteiger charge is -2.30. The summed E-state index contributed by atoms with van der Waals surface area (Å²) in [6.45, 7) is 4.55. The van der Waals surface area contributed by atoms with Gasteiger partial charge in [0.05, 0.1) is 5.69 Å². The van der Waals surface area contributed by atoms with E-state index >= 15 is 0 Å². The van der Waals surface area contributed by atoms with Crippen LogP contribution in [-0.4, -0.2) is 15.6 Å². The topological polar surface area (TPSA) is 29.9 Å². The van der Waals surface area contributed by atoms with E-state index in [1.807, 2.05) is 0 Å². The van der Waals surface area contributed by atoms with Gasteiger partial charge in [-0.2, -0.15) is 0 Å². The molecule has 0 radical (unpaired) electrons. The molecule has 3 fully saturated rings. The number of hydrogen-bond acceptors (Lipinski definition) is 2. The molecule has 2 bridgehead atoms. The van der Waals surface area contributed by atoms with E-state index in [1.165, 1.54) is 51.4 Å². The normalized spacial score (nSPS) is 33.7. The highest BCUT2D eigenvalue weighted by Gasteiger charge is 2.42. The molecule has 3 heteroatoms. The Kier molecular flexibility index (Phi) is 3.47. The third-order valence-electron chi connectivity index (χ3n) is 6.39. The molecular formula is C18H29N3. The molecule has 1 aromatic heterocycles. The molecule has 4 unspecified atom stereocenters. The molecule has 1 heterocycles. The Labute approximate surface area is 128 Å². The Bertz CT molecular complexity index is 501. The van der Waals surface area contributed by atoms with Crippen LogP contribution in [-0.2, 0) is 0 Å². The maximum Gasteiger partial charge on any atom is 0.203 e. The van der Waals surface area contributed by atoms with Gasteiger partial charge in [0.2, 0.25) is 5.95 Å². The summed E-state index contributed by atoms with van der Waals surface area (Å²) in [5, 5.41) is 3.73. The Morgan fingerprint density at radius 2 is 2.00 bits per heavy atom. The van der Waals surface area contributed by atoms with Crippen molar-refractivity contribution in [2.75, 3.05) is 5.32 Å². The Morgan fingerprint density at radius 3 is 2.67 bits per heavy atom. The number of rotatable bonds is 4. The fraction of sp³-hybridized carbons (Fsp3) is 0.833. The van der Waals surface area contributed by atoms with Gasteiger partial charge in [-0.05, 0) is 63.7 Å². The molecule has 3 aliphatic rings. The molecule has 21 heavy (non-hydrogen) atoms. The van der Waals surface area contributed by atoms with Crippen molar-refractivity contribution < 1.29 is 0 Å². The number of anilines is 1. The van der Waals surface area contributed by atoms with Gasteiger partial charge in [-0.15, -0.1) is 0 Å². The fourth-order valence-electron chi connectivity index (χ4n) is 5.28. The number of aryl methyl sites for hydroxylation is 1. The van der Waals surface area contributed by atoms with Crippen LogP contribution in [0.4, 0.5) is 5.95 Å². The number of hydrogen-bond donors (Lipinski definition) is 1. The Balaban J connectivity index is 1.53. The molecule has 3 nitrogen and oxygen atoms in total. The maximum atomic E-state index is 4.78. The number of imidazole rings is 1. The predicted octanol–water partition coefficient (Wildman–Crippen LogP) is 4.54. The van der Waals surface area contributed by atoms with E-state index in [0.717, 1.165) is 29.4 Å². The number of aromatic nitrogens is 2. The molecule has 1 aromatic rings. The lowest BCUT2D eigenvalue weighted by Crippen LogP contribution is -2.25. The minimum atomic E-state index is 0.602. The third-order valence-corrected chi connectivity index (χ3v) is 6.39. The lowest BCUT2D eigenvalue weighted by atomic mass is 9.84. The van der Waals surface area contributed by atoms with Gasteiger partial charge in [-0.1, -0.05) is 19.3 Å². The SMILES string of the molecule is Cc1cn(C(C)C2CC3CCC2C3)c(NC2CCCC2)n1. The van der Waals surface area contributed by atoms with Crippen LogP contribution in [0.2, 0.25) is 0 Å². The number of nitrogens with zero attached hydrogens (tertiary/aromatic N) is 2. The maximum absolute atomic E-state index is 4.78. The van der Waals surface area contributed by atoms with Crippen LogP contribution in [0.15, 0.2) is 6.20 Å². The van der Waals surface area contributed by atoms with Crippen molar-refractivity contribution in [1.29, 1.82) is 0 Å². The second kappa shape index (κ2) is 5.33. The quantitative estimate of drug-likeness (QED) is 0.881. The number of nitrogens with one attached hydrogen (secondary N) is 1. The molecule has 116 valence electrons. The van der Waals surface area contributed by atoms with E-state index in [1.54, 1.807) is 0 Å². The zero-order valence-electron chi connectivity index (χ0n) is 13.5. The van der Waals surface area contributed by atoms with Crippen molar-refractivity contribution in [3.8, 4) is 0 Å². The Morgan fingerprint density at radius 1 is 1.19 bits per heavy atom. The summed E-state index contributed by atoms with van der Waals surface area (Å²) in [7, 11) is 0. The van der Waals surface area contributed by atoms with Crippen LogP contribution in [0.1, 0.15) is 70.0 Å². The van der Waals surface area contributed by atoms with Gasteiger partial charge in [0, 0.05) is 18.3 Å². The second-order valence-electron chi connectivity index (χ2n) is 7.82. The first-order valence-electron chi connectivity index (χ1n) is 9.02. The van der Waals surface area contributed by atoms with Crippen molar-refractivity contribution in [2.24, 2.45) is 17.8 Å². The monoisotopic (exact) mass is 287 g/mol. The third kappa shape index (κ3) is 2.49. The van der Waals surface area contributed by atoms with Gasteiger partial charge in [-0.3, -0.25) is 0 Å². The summed E-state index contributed by atoms with van der Waals surface area (Å²) in [5.41, 5.74) is 1.16. The predicted molar refractivity (Wildman–Crippen MR) is 86.5 cm³/mol. The van der Waals surface area contributed by atoms with Crippen molar-refractivity contribution in [1.82, 2.24) is 9.55 Å². The number of fused-ring (bicyclic) bond motifs is 2. The molecule has 0 spiro atoms. The van der Waals surface area contributed by atoms with Crippen molar-refractivity contribution >= 4 is 5.95 Å². The Hall–Kier alpha value is -0.990. The first kappa shape index (κ1) is 13.7. The van der Waals surface area contributed by atoms with E-state index in [9.17, 15) is 0 Å². The first-order chi connectivity index (χ1) is 10.2. The summed E-state index contributed by atoms with van der Waals surface area (Å²) in [6.07, 6.45) is 13.6. The van der Waals surface area contributed by atoms with Crippen LogP contribution in [0.5, 0.6) is 0 Å². The minimum Gasteiger partial charge on any atom is -0.353 e. The van der Waals surface area contributed by atoms with Crippen LogP contribution in [0.25, 0.3) is 0 Å². The summed E-state index contributed by atoms with van der Waals surface area (Å²) in [4.78, 5) is 4.78.